The summed E-state index contributed by atoms with van der Waals surface area (Å²) in [5, 5.41) is 3.17. The standard InChI is InChI=1S/C20H31NO3/c1-5-6-7-8-16(4)19(22)13-21-18-11-9-17(10-12-18)14-24-20(23)15(2)3/h9-12,15-16,21H,5-8,13-14H2,1-4H3. The van der Waals surface area contributed by atoms with E-state index in [1.54, 1.807) is 0 Å². The Kier molecular flexibility index (Phi) is 9.13. The lowest BCUT2D eigenvalue weighted by atomic mass is 9.99. The first-order chi connectivity index (χ1) is 11.4. The van der Waals surface area contributed by atoms with Gasteiger partial charge in [0.1, 0.15) is 6.61 Å². The maximum Gasteiger partial charge on any atom is 0.308 e. The number of esters is 1. The van der Waals surface area contributed by atoms with E-state index in [1.807, 2.05) is 45.0 Å². The molecule has 0 amide bonds. The normalized spacial score (nSPS) is 12.0. The van der Waals surface area contributed by atoms with Crippen LogP contribution >= 0.6 is 0 Å². The highest BCUT2D eigenvalue weighted by molar-refractivity contribution is 5.84. The number of unbranched alkanes of at least 4 members (excludes halogenated alkanes) is 2. The highest BCUT2D eigenvalue weighted by atomic mass is 16.5. The van der Waals surface area contributed by atoms with Crippen LogP contribution in [0.15, 0.2) is 24.3 Å². The summed E-state index contributed by atoms with van der Waals surface area (Å²) in [4.78, 5) is 23.5. The molecule has 1 rings (SSSR count). The fourth-order valence-corrected chi connectivity index (χ4v) is 2.26. The maximum absolute atomic E-state index is 12.1. The van der Waals surface area contributed by atoms with Crippen LogP contribution in [0.3, 0.4) is 0 Å². The Balaban J connectivity index is 2.36. The third-order valence-electron chi connectivity index (χ3n) is 4.06. The molecule has 1 unspecified atom stereocenters. The molecule has 24 heavy (non-hydrogen) atoms. The zero-order chi connectivity index (χ0) is 17.9. The molecule has 0 aliphatic rings. The van der Waals surface area contributed by atoms with Crippen LogP contribution < -0.4 is 5.32 Å². The van der Waals surface area contributed by atoms with Crippen LogP contribution in [0.1, 0.15) is 58.9 Å². The molecule has 0 aromatic heterocycles. The van der Waals surface area contributed by atoms with Gasteiger partial charge in [0.05, 0.1) is 12.5 Å². The van der Waals surface area contributed by atoms with Gasteiger partial charge in [-0.1, -0.05) is 59.1 Å². The first-order valence-corrected chi connectivity index (χ1v) is 8.96. The average molecular weight is 333 g/mol. The smallest absolute Gasteiger partial charge is 0.308 e. The van der Waals surface area contributed by atoms with Gasteiger partial charge in [0, 0.05) is 11.6 Å². The Hall–Kier alpha value is -1.84. The Morgan fingerprint density at radius 2 is 1.75 bits per heavy atom. The van der Waals surface area contributed by atoms with E-state index in [0.717, 1.165) is 24.1 Å². The van der Waals surface area contributed by atoms with Crippen molar-refractivity contribution in [3.8, 4) is 0 Å². The van der Waals surface area contributed by atoms with Gasteiger partial charge in [-0.2, -0.15) is 0 Å². The van der Waals surface area contributed by atoms with E-state index < -0.39 is 0 Å². The number of benzene rings is 1. The number of hydrogen-bond acceptors (Lipinski definition) is 4. The van der Waals surface area contributed by atoms with E-state index in [4.69, 9.17) is 4.74 Å². The van der Waals surface area contributed by atoms with Gasteiger partial charge in [-0.25, -0.2) is 0 Å². The van der Waals surface area contributed by atoms with Crippen molar-refractivity contribution in [1.82, 2.24) is 0 Å². The lowest BCUT2D eigenvalue weighted by Gasteiger charge is -2.12. The number of hydrogen-bond donors (Lipinski definition) is 1. The van der Waals surface area contributed by atoms with Crippen molar-refractivity contribution >= 4 is 17.4 Å². The monoisotopic (exact) mass is 333 g/mol. The molecule has 4 nitrogen and oxygen atoms in total. The van der Waals surface area contributed by atoms with Gasteiger partial charge >= 0.3 is 5.97 Å². The first-order valence-electron chi connectivity index (χ1n) is 8.96. The molecule has 1 N–H and O–H groups in total. The number of Topliss-reactive ketones (excluding diaryl/α,β-unsaturated/α-hetero) is 1. The van der Waals surface area contributed by atoms with Gasteiger partial charge in [-0.3, -0.25) is 9.59 Å². The highest BCUT2D eigenvalue weighted by Crippen LogP contribution is 2.13. The number of anilines is 1. The summed E-state index contributed by atoms with van der Waals surface area (Å²) >= 11 is 0. The summed E-state index contributed by atoms with van der Waals surface area (Å²) in [7, 11) is 0. The molecule has 0 aliphatic carbocycles. The summed E-state index contributed by atoms with van der Waals surface area (Å²) < 4.78 is 5.19. The Labute approximate surface area is 146 Å². The van der Waals surface area contributed by atoms with Crippen LogP contribution in [0, 0.1) is 11.8 Å². The predicted octanol–water partition coefficient (Wildman–Crippen LogP) is 4.58. The maximum atomic E-state index is 12.1. The van der Waals surface area contributed by atoms with Crippen LogP contribution in [-0.2, 0) is 20.9 Å². The Bertz CT molecular complexity index is 508. The summed E-state index contributed by atoms with van der Waals surface area (Å²) in [6, 6.07) is 7.64. The van der Waals surface area contributed by atoms with Crippen LogP contribution in [0.4, 0.5) is 5.69 Å². The highest BCUT2D eigenvalue weighted by Gasteiger charge is 2.12. The summed E-state index contributed by atoms with van der Waals surface area (Å²) in [6.45, 7) is 8.44. The van der Waals surface area contributed by atoms with E-state index in [2.05, 4.69) is 12.2 Å². The topological polar surface area (TPSA) is 55.4 Å². The van der Waals surface area contributed by atoms with E-state index in [1.165, 1.54) is 12.8 Å². The zero-order valence-electron chi connectivity index (χ0n) is 15.4. The number of nitrogens with one attached hydrogen (secondary N) is 1. The van der Waals surface area contributed by atoms with Crippen molar-refractivity contribution in [3.63, 3.8) is 0 Å². The molecule has 0 fully saturated rings. The molecule has 0 saturated heterocycles. The molecule has 1 aromatic rings. The molecule has 134 valence electrons. The fourth-order valence-electron chi connectivity index (χ4n) is 2.26. The average Bonchev–Trinajstić information content (AvgIpc) is 2.58. The van der Waals surface area contributed by atoms with Crippen molar-refractivity contribution in [1.29, 1.82) is 0 Å². The first kappa shape index (κ1) is 20.2. The molecule has 1 atom stereocenters. The Morgan fingerprint density at radius 1 is 1.08 bits per heavy atom. The van der Waals surface area contributed by atoms with E-state index in [9.17, 15) is 9.59 Å². The third kappa shape index (κ3) is 7.62. The number of carbonyl (C=O) groups is 2. The minimum absolute atomic E-state index is 0.110. The lowest BCUT2D eigenvalue weighted by molar-refractivity contribution is -0.148. The minimum atomic E-state index is -0.195. The molecule has 0 aliphatic heterocycles. The molecule has 0 radical (unpaired) electrons. The molecule has 0 bridgehead atoms. The van der Waals surface area contributed by atoms with Crippen molar-refractivity contribution in [3.05, 3.63) is 29.8 Å². The van der Waals surface area contributed by atoms with Gasteiger partial charge < -0.3 is 10.1 Å². The van der Waals surface area contributed by atoms with Crippen molar-refractivity contribution in [2.45, 2.75) is 60.0 Å². The largest absolute Gasteiger partial charge is 0.461 e. The Morgan fingerprint density at radius 3 is 2.33 bits per heavy atom. The molecule has 4 heteroatoms. The van der Waals surface area contributed by atoms with Crippen LogP contribution in [0.2, 0.25) is 0 Å². The molecule has 0 saturated carbocycles. The second-order valence-electron chi connectivity index (χ2n) is 6.68. The van der Waals surface area contributed by atoms with E-state index >= 15 is 0 Å². The van der Waals surface area contributed by atoms with Crippen molar-refractivity contribution in [2.24, 2.45) is 11.8 Å². The molecular formula is C20H31NO3. The third-order valence-corrected chi connectivity index (χ3v) is 4.06. The van der Waals surface area contributed by atoms with Crippen molar-refractivity contribution < 1.29 is 14.3 Å². The lowest BCUT2D eigenvalue weighted by Crippen LogP contribution is -2.20. The molecular weight excluding hydrogens is 302 g/mol. The number of ketones is 1. The summed E-state index contributed by atoms with van der Waals surface area (Å²) in [5.74, 6) is 0.0518. The second-order valence-corrected chi connectivity index (χ2v) is 6.68. The molecule has 0 heterocycles. The molecule has 1 aromatic carbocycles. The second kappa shape index (κ2) is 10.8. The quantitative estimate of drug-likeness (QED) is 0.475. The van der Waals surface area contributed by atoms with Crippen LogP contribution in [0.25, 0.3) is 0 Å². The zero-order valence-corrected chi connectivity index (χ0v) is 15.4. The van der Waals surface area contributed by atoms with Gasteiger partial charge in [0.25, 0.3) is 0 Å². The van der Waals surface area contributed by atoms with Crippen LogP contribution in [-0.4, -0.2) is 18.3 Å². The van der Waals surface area contributed by atoms with Crippen LogP contribution in [0.5, 0.6) is 0 Å². The molecule has 0 spiro atoms. The summed E-state index contributed by atoms with van der Waals surface area (Å²) in [5.41, 5.74) is 1.84. The van der Waals surface area contributed by atoms with Crippen molar-refractivity contribution in [2.75, 3.05) is 11.9 Å². The summed E-state index contributed by atoms with van der Waals surface area (Å²) in [6.07, 6.45) is 4.45. The number of rotatable bonds is 11. The van der Waals surface area contributed by atoms with Gasteiger partial charge in [-0.15, -0.1) is 0 Å². The van der Waals surface area contributed by atoms with Gasteiger partial charge in [-0.05, 0) is 24.1 Å². The predicted molar refractivity (Wildman–Crippen MR) is 97.9 cm³/mol. The SMILES string of the molecule is CCCCCC(C)C(=O)CNc1ccc(COC(=O)C(C)C)cc1. The number of carbonyl (C=O) groups excluding carboxylic acids is 2. The minimum Gasteiger partial charge on any atom is -0.461 e. The van der Waals surface area contributed by atoms with Gasteiger partial charge in [0.15, 0.2) is 5.78 Å². The number of ether oxygens (including phenoxy) is 1. The van der Waals surface area contributed by atoms with E-state index in [-0.39, 0.29) is 30.2 Å². The van der Waals surface area contributed by atoms with Gasteiger partial charge in [0.2, 0.25) is 0 Å². The van der Waals surface area contributed by atoms with E-state index in [0.29, 0.717) is 6.54 Å². The fraction of sp³-hybridized carbons (Fsp3) is 0.600.